The Hall–Kier alpha value is -3.90. The molecule has 10 nitrogen and oxygen atoms in total. The largest absolute Gasteiger partial charge is 0.336 e. The van der Waals surface area contributed by atoms with Crippen LogP contribution in [-0.4, -0.2) is 78.6 Å². The van der Waals surface area contributed by atoms with Gasteiger partial charge in [-0.05, 0) is 67.8 Å². The van der Waals surface area contributed by atoms with Crippen LogP contribution in [0, 0.1) is 6.92 Å². The van der Waals surface area contributed by atoms with Crippen molar-refractivity contribution in [3.8, 4) is 0 Å². The second-order valence-corrected chi connectivity index (χ2v) is 14.5. The number of carbonyl (C=O) groups is 2. The Kier molecular flexibility index (Phi) is 9.61. The number of piperazine rings is 1. The summed E-state index contributed by atoms with van der Waals surface area (Å²) >= 11 is 12.6. The van der Waals surface area contributed by atoms with Crippen molar-refractivity contribution in [1.82, 2.24) is 19.6 Å². The minimum atomic E-state index is -4.21. The molecule has 246 valence electrons. The number of aromatic nitrogens is 2. The van der Waals surface area contributed by atoms with E-state index in [0.29, 0.717) is 43.4 Å². The van der Waals surface area contributed by atoms with Gasteiger partial charge in [0, 0.05) is 56.4 Å². The van der Waals surface area contributed by atoms with Crippen molar-refractivity contribution in [2.45, 2.75) is 37.2 Å². The fraction of sp³-hybridized carbons (Fsp3) is 0.324. The molecule has 13 heteroatoms. The molecule has 0 radical (unpaired) electrons. The minimum Gasteiger partial charge on any atom is -0.336 e. The highest BCUT2D eigenvalue weighted by molar-refractivity contribution is 7.93. The van der Waals surface area contributed by atoms with Crippen molar-refractivity contribution in [2.75, 3.05) is 41.9 Å². The van der Waals surface area contributed by atoms with E-state index in [1.54, 1.807) is 39.9 Å². The number of carbonyl (C=O) groups excluding carboxylic acids is 2. The maximum atomic E-state index is 14.2. The number of anilines is 2. The van der Waals surface area contributed by atoms with E-state index in [0.717, 1.165) is 29.9 Å². The van der Waals surface area contributed by atoms with E-state index in [4.69, 9.17) is 23.2 Å². The lowest BCUT2D eigenvalue weighted by atomic mass is 10.0. The first-order chi connectivity index (χ1) is 22.5. The van der Waals surface area contributed by atoms with Crippen LogP contribution in [0.15, 0.2) is 83.8 Å². The summed E-state index contributed by atoms with van der Waals surface area (Å²) in [5.74, 6) is 0.547. The Morgan fingerprint density at radius 1 is 0.936 bits per heavy atom. The Morgan fingerprint density at radius 2 is 1.64 bits per heavy atom. The molecule has 4 aromatic rings. The van der Waals surface area contributed by atoms with Gasteiger partial charge in [0.25, 0.3) is 15.9 Å². The first-order valence-electron chi connectivity index (χ1n) is 15.5. The Bertz CT molecular complexity index is 1880. The van der Waals surface area contributed by atoms with Crippen LogP contribution in [0.4, 0.5) is 11.5 Å². The average Bonchev–Trinajstić information content (AvgIpc) is 3.41. The number of piperidine rings is 1. The lowest BCUT2D eigenvalue weighted by molar-refractivity contribution is -0.126. The van der Waals surface area contributed by atoms with Gasteiger partial charge in [-0.3, -0.25) is 28.4 Å². The average molecular weight is 696 g/mol. The molecule has 6 rings (SSSR count). The lowest BCUT2D eigenvalue weighted by Crippen LogP contribution is -2.58. The number of halogens is 2. The predicted molar refractivity (Wildman–Crippen MR) is 184 cm³/mol. The van der Waals surface area contributed by atoms with Crippen LogP contribution in [0.1, 0.15) is 34.5 Å². The molecular weight excluding hydrogens is 659 g/mol. The van der Waals surface area contributed by atoms with Crippen molar-refractivity contribution in [3.63, 3.8) is 0 Å². The molecule has 1 aromatic heterocycles. The zero-order valence-corrected chi connectivity index (χ0v) is 28.5. The normalized spacial score (nSPS) is 17.6. The fourth-order valence-corrected chi connectivity index (χ4v) is 8.40. The van der Waals surface area contributed by atoms with Crippen LogP contribution < -0.4 is 9.21 Å². The van der Waals surface area contributed by atoms with Crippen LogP contribution in [0.3, 0.4) is 0 Å². The third-order valence-electron chi connectivity index (χ3n) is 8.74. The first kappa shape index (κ1) is 33.0. The monoisotopic (exact) mass is 694 g/mol. The number of sulfonamides is 1. The molecule has 3 aromatic carbocycles. The SMILES string of the molecule is Cc1cc(N2CCCC(N3CCN(C(=O)c4ccc(Cl)c(S(=O)(=O)N(Cc5ccccc5)c5ccc(Cl)cc5)c4)CC3)C2=O)n(C)n1. The Balaban J connectivity index is 1.19. The maximum absolute atomic E-state index is 14.2. The summed E-state index contributed by atoms with van der Waals surface area (Å²) in [6, 6.07) is 21.8. The standard InChI is InChI=1S/C34H36Cl2N6O4S/c1-24-21-32(38(2)37-24)41-16-6-9-30(34(41)44)39-17-19-40(20-18-39)33(43)26-10-15-29(36)31(22-26)47(45,46)42(23-25-7-4-3-5-8-25)28-13-11-27(35)12-14-28/h3-5,7-8,10-15,21-22,30H,6,9,16-20,23H2,1-2H3. The van der Waals surface area contributed by atoms with Crippen molar-refractivity contribution in [1.29, 1.82) is 0 Å². The van der Waals surface area contributed by atoms with Crippen molar-refractivity contribution in [2.24, 2.45) is 7.05 Å². The van der Waals surface area contributed by atoms with Crippen molar-refractivity contribution >= 4 is 56.5 Å². The minimum absolute atomic E-state index is 0.0161. The van der Waals surface area contributed by atoms with E-state index >= 15 is 0 Å². The number of hydrogen-bond acceptors (Lipinski definition) is 6. The highest BCUT2D eigenvalue weighted by atomic mass is 35.5. The zero-order valence-electron chi connectivity index (χ0n) is 26.2. The van der Waals surface area contributed by atoms with Gasteiger partial charge in [0.15, 0.2) is 0 Å². The first-order valence-corrected chi connectivity index (χ1v) is 17.7. The van der Waals surface area contributed by atoms with Crippen LogP contribution in [0.2, 0.25) is 10.0 Å². The summed E-state index contributed by atoms with van der Waals surface area (Å²) in [6.45, 7) is 4.48. The van der Waals surface area contributed by atoms with E-state index in [1.807, 2.05) is 55.3 Å². The van der Waals surface area contributed by atoms with Gasteiger partial charge >= 0.3 is 0 Å². The topological polar surface area (TPSA) is 99.1 Å². The molecule has 2 aliphatic heterocycles. The quantitative estimate of drug-likeness (QED) is 0.246. The molecule has 2 saturated heterocycles. The molecule has 0 aliphatic carbocycles. The summed E-state index contributed by atoms with van der Waals surface area (Å²) < 4.78 is 31.5. The molecule has 0 saturated carbocycles. The summed E-state index contributed by atoms with van der Waals surface area (Å²) in [4.78, 5) is 32.8. The van der Waals surface area contributed by atoms with E-state index in [2.05, 4.69) is 10.00 Å². The predicted octanol–water partition coefficient (Wildman–Crippen LogP) is 5.38. The van der Waals surface area contributed by atoms with Gasteiger partial charge in [0.1, 0.15) is 10.7 Å². The number of hydrogen-bond donors (Lipinski definition) is 0. The zero-order chi connectivity index (χ0) is 33.3. The lowest BCUT2D eigenvalue weighted by Gasteiger charge is -2.42. The van der Waals surface area contributed by atoms with Gasteiger partial charge in [0.05, 0.1) is 29.0 Å². The molecular formula is C34H36Cl2N6O4S. The number of benzene rings is 3. The second-order valence-electron chi connectivity index (χ2n) is 11.9. The van der Waals surface area contributed by atoms with Crippen LogP contribution in [0.5, 0.6) is 0 Å². The highest BCUT2D eigenvalue weighted by Crippen LogP contribution is 2.32. The van der Waals surface area contributed by atoms with Gasteiger partial charge in [-0.25, -0.2) is 8.42 Å². The van der Waals surface area contributed by atoms with Gasteiger partial charge in [-0.2, -0.15) is 5.10 Å². The number of aryl methyl sites for hydroxylation is 2. The van der Waals surface area contributed by atoms with E-state index in [-0.39, 0.29) is 39.9 Å². The fourth-order valence-electron chi connectivity index (χ4n) is 6.32. The third-order valence-corrected chi connectivity index (χ3v) is 11.2. The Labute approximate surface area is 285 Å². The molecule has 0 spiro atoms. The molecule has 1 atom stereocenters. The summed E-state index contributed by atoms with van der Waals surface area (Å²) in [7, 11) is -2.37. The molecule has 47 heavy (non-hydrogen) atoms. The molecule has 0 N–H and O–H groups in total. The van der Waals surface area contributed by atoms with E-state index < -0.39 is 10.0 Å². The number of nitrogens with zero attached hydrogens (tertiary/aromatic N) is 6. The number of amides is 2. The summed E-state index contributed by atoms with van der Waals surface area (Å²) in [6.07, 6.45) is 1.63. The second kappa shape index (κ2) is 13.7. The van der Waals surface area contributed by atoms with Gasteiger partial charge in [-0.15, -0.1) is 0 Å². The van der Waals surface area contributed by atoms with Gasteiger partial charge < -0.3 is 4.90 Å². The van der Waals surface area contributed by atoms with Crippen molar-refractivity contribution in [3.05, 3.63) is 106 Å². The van der Waals surface area contributed by atoms with Crippen LogP contribution in [-0.2, 0) is 28.4 Å². The highest BCUT2D eigenvalue weighted by Gasteiger charge is 2.37. The van der Waals surface area contributed by atoms with Gasteiger partial charge in [-0.1, -0.05) is 53.5 Å². The van der Waals surface area contributed by atoms with E-state index in [9.17, 15) is 18.0 Å². The van der Waals surface area contributed by atoms with Gasteiger partial charge in [0.2, 0.25) is 5.91 Å². The Morgan fingerprint density at radius 3 is 2.30 bits per heavy atom. The molecule has 2 aliphatic rings. The molecule has 0 bridgehead atoms. The summed E-state index contributed by atoms with van der Waals surface area (Å²) in [5, 5.41) is 4.89. The van der Waals surface area contributed by atoms with Crippen molar-refractivity contribution < 1.29 is 18.0 Å². The van der Waals surface area contributed by atoms with Crippen LogP contribution >= 0.6 is 23.2 Å². The third kappa shape index (κ3) is 6.89. The smallest absolute Gasteiger partial charge is 0.266 e. The van der Waals surface area contributed by atoms with E-state index in [1.165, 1.54) is 16.4 Å². The summed E-state index contributed by atoms with van der Waals surface area (Å²) in [5.41, 5.74) is 2.28. The maximum Gasteiger partial charge on any atom is 0.266 e. The number of rotatable bonds is 8. The molecule has 2 amide bonds. The molecule has 1 unspecified atom stereocenters. The van der Waals surface area contributed by atoms with Crippen LogP contribution in [0.25, 0.3) is 0 Å². The molecule has 3 heterocycles. The molecule has 2 fully saturated rings.